The molecule has 24 heavy (non-hydrogen) atoms. The Hall–Kier alpha value is -1.88. The van der Waals surface area contributed by atoms with Gasteiger partial charge in [-0.3, -0.25) is 14.5 Å². The van der Waals surface area contributed by atoms with Crippen molar-refractivity contribution in [2.24, 2.45) is 5.92 Å². The van der Waals surface area contributed by atoms with Crippen LogP contribution in [0.2, 0.25) is 0 Å². The van der Waals surface area contributed by atoms with Gasteiger partial charge in [-0.25, -0.2) is 0 Å². The molecule has 5 heteroatoms. The number of hydrogen-bond donors (Lipinski definition) is 1. The Balaban J connectivity index is 1.91. The summed E-state index contributed by atoms with van der Waals surface area (Å²) in [6, 6.07) is 7.89. The molecule has 1 fully saturated rings. The molecule has 1 saturated heterocycles. The number of piperidine rings is 1. The molecule has 0 aliphatic carbocycles. The van der Waals surface area contributed by atoms with Crippen LogP contribution in [0.3, 0.4) is 0 Å². The smallest absolute Gasteiger partial charge is 0.310 e. The molecule has 1 atom stereocenters. The lowest BCUT2D eigenvalue weighted by molar-refractivity contribution is -0.150. The number of amides is 1. The van der Waals surface area contributed by atoms with E-state index in [2.05, 4.69) is 19.2 Å². The number of ether oxygens (including phenoxy) is 1. The van der Waals surface area contributed by atoms with Crippen molar-refractivity contribution in [2.45, 2.75) is 39.5 Å². The number of benzene rings is 1. The summed E-state index contributed by atoms with van der Waals surface area (Å²) in [6.07, 6.45) is 1.76. The summed E-state index contributed by atoms with van der Waals surface area (Å²) >= 11 is 0. The molecule has 0 bridgehead atoms. The molecule has 1 amide bonds. The second kappa shape index (κ2) is 8.83. The molecule has 0 saturated carbocycles. The third-order valence-electron chi connectivity index (χ3n) is 4.35. The first kappa shape index (κ1) is 18.5. The van der Waals surface area contributed by atoms with Gasteiger partial charge in [0.1, 0.15) is 0 Å². The van der Waals surface area contributed by atoms with Crippen molar-refractivity contribution in [3.63, 3.8) is 0 Å². The molecule has 1 aliphatic rings. The standard InChI is InChI=1S/C19H28N2O3/c1-4-24-19(23)15-8-7-11-21(12-15)13-18(22)20-17-10-6-5-9-16(17)14(2)3/h5-6,9-10,14-15H,4,7-8,11-13H2,1-3H3,(H,20,22)/t15-/m1/s1. The fourth-order valence-electron chi connectivity index (χ4n) is 3.16. The Labute approximate surface area is 144 Å². The first-order valence-corrected chi connectivity index (χ1v) is 8.79. The number of likely N-dealkylation sites (tertiary alicyclic amines) is 1. The van der Waals surface area contributed by atoms with Gasteiger partial charge in [0.15, 0.2) is 0 Å². The Morgan fingerprint density at radius 2 is 2.08 bits per heavy atom. The van der Waals surface area contributed by atoms with Gasteiger partial charge < -0.3 is 10.1 Å². The minimum atomic E-state index is -0.146. The van der Waals surface area contributed by atoms with Crippen LogP contribution in [0.4, 0.5) is 5.69 Å². The van der Waals surface area contributed by atoms with Gasteiger partial charge in [-0.1, -0.05) is 32.0 Å². The van der Waals surface area contributed by atoms with Crippen molar-refractivity contribution >= 4 is 17.6 Å². The Kier molecular flexibility index (Phi) is 6.79. The number of hydrogen-bond acceptors (Lipinski definition) is 4. The van der Waals surface area contributed by atoms with E-state index in [1.165, 1.54) is 0 Å². The number of carbonyl (C=O) groups is 2. The summed E-state index contributed by atoms with van der Waals surface area (Å²) in [7, 11) is 0. The van der Waals surface area contributed by atoms with Gasteiger partial charge in [0, 0.05) is 12.2 Å². The summed E-state index contributed by atoms with van der Waals surface area (Å²) in [5.41, 5.74) is 2.00. The highest BCUT2D eigenvalue weighted by molar-refractivity contribution is 5.93. The van der Waals surface area contributed by atoms with Crippen LogP contribution in [0.1, 0.15) is 45.1 Å². The van der Waals surface area contributed by atoms with E-state index < -0.39 is 0 Å². The molecule has 1 aromatic carbocycles. The second-order valence-electron chi connectivity index (χ2n) is 6.62. The van der Waals surface area contributed by atoms with Crippen LogP contribution >= 0.6 is 0 Å². The topological polar surface area (TPSA) is 58.6 Å². The van der Waals surface area contributed by atoms with Crippen LogP contribution in [-0.2, 0) is 14.3 Å². The van der Waals surface area contributed by atoms with Gasteiger partial charge in [0.25, 0.3) is 0 Å². The Morgan fingerprint density at radius 1 is 1.33 bits per heavy atom. The molecule has 5 nitrogen and oxygen atoms in total. The number of para-hydroxylation sites is 1. The lowest BCUT2D eigenvalue weighted by Gasteiger charge is -2.31. The zero-order valence-electron chi connectivity index (χ0n) is 14.9. The fraction of sp³-hybridized carbons (Fsp3) is 0.579. The molecular weight excluding hydrogens is 304 g/mol. The van der Waals surface area contributed by atoms with Crippen LogP contribution in [0.25, 0.3) is 0 Å². The van der Waals surface area contributed by atoms with Gasteiger partial charge in [-0.2, -0.15) is 0 Å². The zero-order chi connectivity index (χ0) is 17.5. The van der Waals surface area contributed by atoms with E-state index in [1.54, 1.807) is 0 Å². The van der Waals surface area contributed by atoms with E-state index in [0.29, 0.717) is 25.6 Å². The predicted octanol–water partition coefficient (Wildman–Crippen LogP) is 3.02. The molecule has 0 aromatic heterocycles. The monoisotopic (exact) mass is 332 g/mol. The van der Waals surface area contributed by atoms with Gasteiger partial charge in [-0.05, 0) is 43.9 Å². The van der Waals surface area contributed by atoms with Crippen molar-refractivity contribution in [1.29, 1.82) is 0 Å². The highest BCUT2D eigenvalue weighted by Crippen LogP contribution is 2.24. The van der Waals surface area contributed by atoms with Gasteiger partial charge >= 0.3 is 5.97 Å². The number of nitrogens with one attached hydrogen (secondary N) is 1. The van der Waals surface area contributed by atoms with E-state index in [-0.39, 0.29) is 17.8 Å². The van der Waals surface area contributed by atoms with Crippen molar-refractivity contribution in [1.82, 2.24) is 4.90 Å². The highest BCUT2D eigenvalue weighted by Gasteiger charge is 2.27. The van der Waals surface area contributed by atoms with Crippen molar-refractivity contribution in [3.05, 3.63) is 29.8 Å². The quantitative estimate of drug-likeness (QED) is 0.814. The first-order valence-electron chi connectivity index (χ1n) is 8.79. The third-order valence-corrected chi connectivity index (χ3v) is 4.35. The second-order valence-corrected chi connectivity index (χ2v) is 6.62. The first-order chi connectivity index (χ1) is 11.5. The SMILES string of the molecule is CCOC(=O)[C@@H]1CCCN(CC(=O)Nc2ccccc2C(C)C)C1. The van der Waals surface area contributed by atoms with E-state index in [4.69, 9.17) is 4.74 Å². The van der Waals surface area contributed by atoms with Crippen LogP contribution in [-0.4, -0.2) is 43.0 Å². The number of nitrogens with zero attached hydrogens (tertiary/aromatic N) is 1. The lowest BCUT2D eigenvalue weighted by Crippen LogP contribution is -2.43. The van der Waals surface area contributed by atoms with E-state index >= 15 is 0 Å². The van der Waals surface area contributed by atoms with Gasteiger partial charge in [0.05, 0.1) is 19.1 Å². The average molecular weight is 332 g/mol. The fourth-order valence-corrected chi connectivity index (χ4v) is 3.16. The maximum absolute atomic E-state index is 12.4. The normalized spacial score (nSPS) is 18.4. The van der Waals surface area contributed by atoms with E-state index in [1.807, 2.05) is 36.1 Å². The molecule has 1 aliphatic heterocycles. The van der Waals surface area contributed by atoms with Crippen LogP contribution in [0, 0.1) is 5.92 Å². The summed E-state index contributed by atoms with van der Waals surface area (Å²) in [5.74, 6) is 0.0551. The van der Waals surface area contributed by atoms with Crippen LogP contribution in [0.5, 0.6) is 0 Å². The minimum Gasteiger partial charge on any atom is -0.466 e. The molecule has 132 valence electrons. The summed E-state index contributed by atoms with van der Waals surface area (Å²) in [6.45, 7) is 8.19. The molecular formula is C19H28N2O3. The maximum Gasteiger partial charge on any atom is 0.310 e. The maximum atomic E-state index is 12.4. The van der Waals surface area contributed by atoms with Crippen molar-refractivity contribution in [3.8, 4) is 0 Å². The van der Waals surface area contributed by atoms with Gasteiger partial charge in [0.2, 0.25) is 5.91 Å². The lowest BCUT2D eigenvalue weighted by atomic mass is 9.98. The number of esters is 1. The molecule has 1 N–H and O–H groups in total. The molecule has 1 heterocycles. The summed E-state index contributed by atoms with van der Waals surface area (Å²) in [5, 5.41) is 3.01. The minimum absolute atomic E-state index is 0.0346. The van der Waals surface area contributed by atoms with Crippen LogP contribution in [0.15, 0.2) is 24.3 Å². The number of anilines is 1. The van der Waals surface area contributed by atoms with Crippen molar-refractivity contribution < 1.29 is 14.3 Å². The number of rotatable bonds is 6. The van der Waals surface area contributed by atoms with Crippen molar-refractivity contribution in [2.75, 3.05) is 31.6 Å². The molecule has 2 rings (SSSR count). The molecule has 1 aromatic rings. The van der Waals surface area contributed by atoms with E-state index in [9.17, 15) is 9.59 Å². The highest BCUT2D eigenvalue weighted by atomic mass is 16.5. The summed E-state index contributed by atoms with van der Waals surface area (Å²) in [4.78, 5) is 26.3. The van der Waals surface area contributed by atoms with Crippen LogP contribution < -0.4 is 5.32 Å². The average Bonchev–Trinajstić information content (AvgIpc) is 2.55. The Morgan fingerprint density at radius 3 is 2.79 bits per heavy atom. The molecule has 0 spiro atoms. The zero-order valence-corrected chi connectivity index (χ0v) is 14.9. The number of carbonyl (C=O) groups excluding carboxylic acids is 2. The predicted molar refractivity (Wildman–Crippen MR) is 95.0 cm³/mol. The summed E-state index contributed by atoms with van der Waals surface area (Å²) < 4.78 is 5.11. The molecule has 0 unspecified atom stereocenters. The largest absolute Gasteiger partial charge is 0.466 e. The van der Waals surface area contributed by atoms with Gasteiger partial charge in [-0.15, -0.1) is 0 Å². The molecule has 0 radical (unpaired) electrons. The third kappa shape index (κ3) is 5.06. The Bertz CT molecular complexity index is 571. The van der Waals surface area contributed by atoms with E-state index in [0.717, 1.165) is 30.6 Å².